The number of anilines is 1. The molecule has 192 valence electrons. The minimum atomic E-state index is -3.75. The lowest BCUT2D eigenvalue weighted by atomic mass is 10.1. The fourth-order valence-corrected chi connectivity index (χ4v) is 4.45. The molecule has 0 aliphatic carbocycles. The molecule has 0 fully saturated rings. The Labute approximate surface area is 209 Å². The molecule has 0 aliphatic heterocycles. The number of unbranched alkanes of at least 4 members (excludes halogenated alkanes) is 1. The van der Waals surface area contributed by atoms with Crippen molar-refractivity contribution in [2.75, 3.05) is 30.8 Å². The molecule has 2 aromatic carbocycles. The van der Waals surface area contributed by atoms with E-state index in [1.54, 1.807) is 44.4 Å². The number of aryl methyl sites for hydroxylation is 1. The van der Waals surface area contributed by atoms with Crippen LogP contribution in [0.1, 0.15) is 44.7 Å². The number of methoxy groups -OCH3 is 1. The van der Waals surface area contributed by atoms with Crippen LogP contribution in [0.2, 0.25) is 0 Å². The Kier molecular flexibility index (Phi) is 10.6. The monoisotopic (exact) mass is 503 g/mol. The lowest BCUT2D eigenvalue weighted by Gasteiger charge is -2.31. The van der Waals surface area contributed by atoms with Crippen molar-refractivity contribution in [2.45, 2.75) is 52.6 Å². The molecule has 0 bridgehead atoms. The van der Waals surface area contributed by atoms with Gasteiger partial charge in [-0.3, -0.25) is 13.9 Å². The minimum absolute atomic E-state index is 0.130. The quantitative estimate of drug-likeness (QED) is 0.423. The smallest absolute Gasteiger partial charge is 0.244 e. The first-order chi connectivity index (χ1) is 16.6. The standard InChI is InChI=1S/C26H37N3O5S/c1-6-8-16-27-26(31)20(3)28(18-22-10-9-11-24(17-22)34-4)25(30)19-29(35(5,32)33)23-14-12-21(7-2)13-15-23/h9-15,17,20H,6-8,16,18-19H2,1-5H3,(H,27,31)/t20-/m0/s1. The third kappa shape index (κ3) is 8.28. The molecule has 8 nitrogen and oxygen atoms in total. The Bertz CT molecular complexity index is 1090. The number of benzene rings is 2. The van der Waals surface area contributed by atoms with Crippen molar-refractivity contribution in [3.63, 3.8) is 0 Å². The zero-order valence-corrected chi connectivity index (χ0v) is 22.1. The predicted octanol–water partition coefficient (Wildman–Crippen LogP) is 3.36. The van der Waals surface area contributed by atoms with E-state index in [0.29, 0.717) is 18.0 Å². The van der Waals surface area contributed by atoms with E-state index in [4.69, 9.17) is 4.74 Å². The highest BCUT2D eigenvalue weighted by molar-refractivity contribution is 7.92. The molecule has 2 rings (SSSR count). The van der Waals surface area contributed by atoms with Crippen LogP contribution in [0.4, 0.5) is 5.69 Å². The van der Waals surface area contributed by atoms with Crippen LogP contribution in [-0.4, -0.2) is 57.6 Å². The largest absolute Gasteiger partial charge is 0.497 e. The van der Waals surface area contributed by atoms with Crippen LogP contribution < -0.4 is 14.4 Å². The van der Waals surface area contributed by atoms with Crippen LogP contribution in [0.15, 0.2) is 48.5 Å². The molecule has 9 heteroatoms. The van der Waals surface area contributed by atoms with Gasteiger partial charge in [0, 0.05) is 13.1 Å². The molecular weight excluding hydrogens is 466 g/mol. The van der Waals surface area contributed by atoms with E-state index >= 15 is 0 Å². The van der Waals surface area contributed by atoms with Gasteiger partial charge in [0.25, 0.3) is 0 Å². The van der Waals surface area contributed by atoms with Gasteiger partial charge in [-0.2, -0.15) is 0 Å². The van der Waals surface area contributed by atoms with E-state index in [9.17, 15) is 18.0 Å². The van der Waals surface area contributed by atoms with Gasteiger partial charge in [-0.15, -0.1) is 0 Å². The van der Waals surface area contributed by atoms with Gasteiger partial charge in [-0.05, 0) is 55.2 Å². The van der Waals surface area contributed by atoms with E-state index in [-0.39, 0.29) is 12.5 Å². The maximum atomic E-state index is 13.5. The number of carbonyl (C=O) groups excluding carboxylic acids is 2. The maximum Gasteiger partial charge on any atom is 0.244 e. The van der Waals surface area contributed by atoms with E-state index in [1.165, 1.54) is 4.90 Å². The lowest BCUT2D eigenvalue weighted by molar-refractivity contribution is -0.139. The summed E-state index contributed by atoms with van der Waals surface area (Å²) in [5, 5.41) is 2.87. The maximum absolute atomic E-state index is 13.5. The second-order valence-electron chi connectivity index (χ2n) is 8.48. The Morgan fingerprint density at radius 1 is 1.06 bits per heavy atom. The summed E-state index contributed by atoms with van der Waals surface area (Å²) >= 11 is 0. The van der Waals surface area contributed by atoms with Crippen molar-refractivity contribution in [3.8, 4) is 5.75 Å². The number of hydrogen-bond donors (Lipinski definition) is 1. The van der Waals surface area contributed by atoms with Crippen molar-refractivity contribution in [1.82, 2.24) is 10.2 Å². The molecule has 0 spiro atoms. The highest BCUT2D eigenvalue weighted by Crippen LogP contribution is 2.21. The molecular formula is C26H37N3O5S. The Morgan fingerprint density at radius 3 is 2.31 bits per heavy atom. The fraction of sp³-hybridized carbons (Fsp3) is 0.462. The van der Waals surface area contributed by atoms with Crippen LogP contribution in [-0.2, 0) is 32.6 Å². The van der Waals surface area contributed by atoms with Gasteiger partial charge < -0.3 is 15.0 Å². The average molecular weight is 504 g/mol. The van der Waals surface area contributed by atoms with Crippen molar-refractivity contribution in [2.24, 2.45) is 0 Å². The second-order valence-corrected chi connectivity index (χ2v) is 10.4. The molecule has 0 saturated carbocycles. The molecule has 0 radical (unpaired) electrons. The van der Waals surface area contributed by atoms with E-state index in [2.05, 4.69) is 5.32 Å². The highest BCUT2D eigenvalue weighted by atomic mass is 32.2. The summed E-state index contributed by atoms with van der Waals surface area (Å²) in [5.41, 5.74) is 2.23. The number of rotatable bonds is 13. The topological polar surface area (TPSA) is 96.0 Å². The fourth-order valence-electron chi connectivity index (χ4n) is 3.60. The van der Waals surface area contributed by atoms with Crippen LogP contribution >= 0.6 is 0 Å². The normalized spacial score (nSPS) is 12.0. The van der Waals surface area contributed by atoms with Crippen molar-refractivity contribution in [3.05, 3.63) is 59.7 Å². The molecule has 0 aliphatic rings. The lowest BCUT2D eigenvalue weighted by Crippen LogP contribution is -2.51. The van der Waals surface area contributed by atoms with Crippen LogP contribution in [0.25, 0.3) is 0 Å². The summed E-state index contributed by atoms with van der Waals surface area (Å²) in [5.74, 6) is -0.132. The number of ether oxygens (including phenoxy) is 1. The molecule has 1 atom stereocenters. The SMILES string of the molecule is CCCCNC(=O)[C@H](C)N(Cc1cccc(OC)c1)C(=O)CN(c1ccc(CC)cc1)S(C)(=O)=O. The van der Waals surface area contributed by atoms with Gasteiger partial charge in [0.05, 0.1) is 19.1 Å². The van der Waals surface area contributed by atoms with E-state index in [1.807, 2.05) is 32.0 Å². The zero-order chi connectivity index (χ0) is 26.0. The number of hydrogen-bond acceptors (Lipinski definition) is 5. The third-order valence-electron chi connectivity index (χ3n) is 5.80. The van der Waals surface area contributed by atoms with E-state index in [0.717, 1.165) is 41.0 Å². The molecule has 0 aromatic heterocycles. The van der Waals surface area contributed by atoms with Gasteiger partial charge in [-0.1, -0.05) is 44.5 Å². The highest BCUT2D eigenvalue weighted by Gasteiger charge is 2.30. The van der Waals surface area contributed by atoms with Gasteiger partial charge in [0.2, 0.25) is 21.8 Å². The van der Waals surface area contributed by atoms with E-state index < -0.39 is 28.5 Å². The summed E-state index contributed by atoms with van der Waals surface area (Å²) in [6, 6.07) is 13.5. The second kappa shape index (κ2) is 13.1. The number of sulfonamides is 1. The molecule has 2 aromatic rings. The van der Waals surface area contributed by atoms with Gasteiger partial charge >= 0.3 is 0 Å². The third-order valence-corrected chi connectivity index (χ3v) is 6.94. The minimum Gasteiger partial charge on any atom is -0.497 e. The first-order valence-electron chi connectivity index (χ1n) is 11.9. The van der Waals surface area contributed by atoms with Crippen LogP contribution in [0, 0.1) is 0 Å². The Hall–Kier alpha value is -3.07. The summed E-state index contributed by atoms with van der Waals surface area (Å²) in [6.45, 7) is 5.92. The molecule has 0 saturated heterocycles. The zero-order valence-electron chi connectivity index (χ0n) is 21.3. The van der Waals surface area contributed by atoms with Crippen molar-refractivity contribution in [1.29, 1.82) is 0 Å². The van der Waals surface area contributed by atoms with Gasteiger partial charge in [-0.25, -0.2) is 8.42 Å². The molecule has 1 N–H and O–H groups in total. The molecule has 35 heavy (non-hydrogen) atoms. The van der Waals surface area contributed by atoms with Gasteiger partial charge in [0.15, 0.2) is 0 Å². The summed E-state index contributed by atoms with van der Waals surface area (Å²) in [6.07, 6.45) is 3.65. The number of carbonyl (C=O) groups is 2. The van der Waals surface area contributed by atoms with Crippen molar-refractivity contribution >= 4 is 27.5 Å². The summed E-state index contributed by atoms with van der Waals surface area (Å²) in [4.78, 5) is 27.8. The van der Waals surface area contributed by atoms with Crippen LogP contribution in [0.3, 0.4) is 0 Å². The Morgan fingerprint density at radius 2 is 1.74 bits per heavy atom. The van der Waals surface area contributed by atoms with Gasteiger partial charge in [0.1, 0.15) is 18.3 Å². The molecule has 0 unspecified atom stereocenters. The summed E-state index contributed by atoms with van der Waals surface area (Å²) in [7, 11) is -2.19. The predicted molar refractivity (Wildman–Crippen MR) is 139 cm³/mol. The van der Waals surface area contributed by atoms with Crippen molar-refractivity contribution < 1.29 is 22.7 Å². The molecule has 0 heterocycles. The Balaban J connectivity index is 2.35. The first-order valence-corrected chi connectivity index (χ1v) is 13.7. The first kappa shape index (κ1) is 28.2. The number of amides is 2. The number of nitrogens with one attached hydrogen (secondary N) is 1. The number of nitrogens with zero attached hydrogens (tertiary/aromatic N) is 2. The summed E-state index contributed by atoms with van der Waals surface area (Å²) < 4.78 is 31.6. The molecule has 2 amide bonds. The average Bonchev–Trinajstić information content (AvgIpc) is 2.84. The van der Waals surface area contributed by atoms with Crippen LogP contribution in [0.5, 0.6) is 5.75 Å².